The van der Waals surface area contributed by atoms with Crippen LogP contribution in [0.5, 0.6) is 0 Å². The van der Waals surface area contributed by atoms with Gasteiger partial charge in [0.2, 0.25) is 0 Å². The third-order valence-corrected chi connectivity index (χ3v) is 3.98. The molecule has 0 spiro atoms. The highest BCUT2D eigenvalue weighted by molar-refractivity contribution is 5.94. The molecule has 1 amide bonds. The minimum atomic E-state index is -0.0581. The number of fused-ring (bicyclic) bond motifs is 1. The van der Waals surface area contributed by atoms with E-state index in [2.05, 4.69) is 29.2 Å². The van der Waals surface area contributed by atoms with Gasteiger partial charge in [-0.15, -0.1) is 0 Å². The first-order chi connectivity index (χ1) is 10.7. The van der Waals surface area contributed by atoms with Crippen LogP contribution in [0.15, 0.2) is 30.3 Å². The summed E-state index contributed by atoms with van der Waals surface area (Å²) in [5, 5.41) is 11.1. The van der Waals surface area contributed by atoms with E-state index in [1.54, 1.807) is 0 Å². The Morgan fingerprint density at radius 2 is 2.14 bits per heavy atom. The van der Waals surface area contributed by atoms with Gasteiger partial charge in [-0.2, -0.15) is 5.10 Å². The highest BCUT2D eigenvalue weighted by atomic mass is 16.1. The molecule has 0 fully saturated rings. The van der Waals surface area contributed by atoms with Crippen LogP contribution in [-0.2, 0) is 19.5 Å². The molecule has 0 aliphatic carbocycles. The zero-order valence-corrected chi connectivity index (χ0v) is 13.1. The van der Waals surface area contributed by atoms with Gasteiger partial charge in [0, 0.05) is 42.4 Å². The fourth-order valence-corrected chi connectivity index (χ4v) is 2.87. The van der Waals surface area contributed by atoms with Gasteiger partial charge in [-0.3, -0.25) is 9.48 Å². The number of carbonyl (C=O) groups excluding carboxylic acids is 1. The number of hydrogen-bond acceptors (Lipinski definition) is 3. The molecule has 1 aliphatic rings. The summed E-state index contributed by atoms with van der Waals surface area (Å²) in [4.78, 5) is 12.2. The Bertz CT molecular complexity index is 661. The predicted molar refractivity (Wildman–Crippen MR) is 85.6 cm³/mol. The summed E-state index contributed by atoms with van der Waals surface area (Å²) >= 11 is 0. The Hall–Kier alpha value is -2.14. The number of amides is 1. The van der Waals surface area contributed by atoms with Crippen molar-refractivity contribution in [3.8, 4) is 0 Å². The van der Waals surface area contributed by atoms with E-state index in [0.717, 1.165) is 25.2 Å². The van der Waals surface area contributed by atoms with E-state index in [1.165, 1.54) is 11.3 Å². The molecule has 3 rings (SSSR count). The quantitative estimate of drug-likeness (QED) is 0.908. The van der Waals surface area contributed by atoms with Crippen molar-refractivity contribution < 1.29 is 4.79 Å². The van der Waals surface area contributed by atoms with Crippen molar-refractivity contribution in [1.29, 1.82) is 0 Å². The van der Waals surface area contributed by atoms with E-state index in [-0.39, 0.29) is 5.91 Å². The third kappa shape index (κ3) is 2.90. The Balaban J connectivity index is 1.77. The van der Waals surface area contributed by atoms with Crippen LogP contribution in [0.2, 0.25) is 0 Å². The summed E-state index contributed by atoms with van der Waals surface area (Å²) in [6.07, 6.45) is 0.993. The molecular weight excluding hydrogens is 276 g/mol. The number of nitrogens with zero attached hydrogens (tertiary/aromatic N) is 2. The highest BCUT2D eigenvalue weighted by Crippen LogP contribution is 2.21. The van der Waals surface area contributed by atoms with Crippen LogP contribution < -0.4 is 10.6 Å². The van der Waals surface area contributed by atoms with E-state index < -0.39 is 0 Å². The van der Waals surface area contributed by atoms with Crippen molar-refractivity contribution in [2.45, 2.75) is 39.4 Å². The van der Waals surface area contributed by atoms with Crippen molar-refractivity contribution in [2.24, 2.45) is 0 Å². The molecule has 0 bridgehead atoms. The highest BCUT2D eigenvalue weighted by Gasteiger charge is 2.21. The summed E-state index contributed by atoms with van der Waals surface area (Å²) in [5.74, 6) is -0.0581. The van der Waals surface area contributed by atoms with Gasteiger partial charge in [0.05, 0.1) is 12.2 Å². The molecule has 1 aromatic carbocycles. The second-order valence-electron chi connectivity index (χ2n) is 5.89. The Labute approximate surface area is 130 Å². The molecule has 1 aliphatic heterocycles. The largest absolute Gasteiger partial charge is 0.346 e. The zero-order valence-electron chi connectivity index (χ0n) is 13.1. The van der Waals surface area contributed by atoms with Crippen LogP contribution in [-0.4, -0.2) is 22.2 Å². The number of carbonyl (C=O) groups is 1. The monoisotopic (exact) mass is 298 g/mol. The van der Waals surface area contributed by atoms with Gasteiger partial charge in [0.25, 0.3) is 5.91 Å². The van der Waals surface area contributed by atoms with E-state index >= 15 is 0 Å². The summed E-state index contributed by atoms with van der Waals surface area (Å²) in [6.45, 7) is 6.57. The summed E-state index contributed by atoms with van der Waals surface area (Å²) in [7, 11) is 0. The van der Waals surface area contributed by atoms with Crippen LogP contribution in [0.4, 0.5) is 0 Å². The predicted octanol–water partition coefficient (Wildman–Crippen LogP) is 2.04. The van der Waals surface area contributed by atoms with Gasteiger partial charge in [0.15, 0.2) is 0 Å². The van der Waals surface area contributed by atoms with Gasteiger partial charge < -0.3 is 10.6 Å². The fraction of sp³-hybridized carbons (Fsp3) is 0.412. The summed E-state index contributed by atoms with van der Waals surface area (Å²) < 4.78 is 2.10. The van der Waals surface area contributed by atoms with E-state index in [1.807, 2.05) is 30.3 Å². The lowest BCUT2D eigenvalue weighted by atomic mass is 10.1. The van der Waals surface area contributed by atoms with Crippen molar-refractivity contribution in [2.75, 3.05) is 6.54 Å². The number of aromatic nitrogens is 2. The lowest BCUT2D eigenvalue weighted by Gasteiger charge is -2.17. The Morgan fingerprint density at radius 1 is 1.36 bits per heavy atom. The molecule has 0 saturated heterocycles. The van der Waals surface area contributed by atoms with E-state index in [9.17, 15) is 4.79 Å². The molecular formula is C17H22N4O. The van der Waals surface area contributed by atoms with E-state index in [4.69, 9.17) is 5.10 Å². The molecule has 5 nitrogen and oxygen atoms in total. The maximum atomic E-state index is 12.2. The first kappa shape index (κ1) is 14.8. The molecule has 22 heavy (non-hydrogen) atoms. The number of benzene rings is 1. The molecule has 1 aromatic heterocycles. The lowest BCUT2D eigenvalue weighted by molar-refractivity contribution is 0.0950. The minimum absolute atomic E-state index is 0.0581. The van der Waals surface area contributed by atoms with Crippen LogP contribution in [0.1, 0.15) is 47.2 Å². The standard InChI is InChI=1S/C17H22N4O/c1-12(2)21-16-8-9-18-10-14(16)15(20-21)11-19-17(22)13-6-4-3-5-7-13/h3-7,12,18H,8-11H2,1-2H3,(H,19,22). The van der Waals surface area contributed by atoms with Crippen molar-refractivity contribution in [3.05, 3.63) is 52.8 Å². The first-order valence-corrected chi connectivity index (χ1v) is 7.80. The molecule has 5 heteroatoms. The van der Waals surface area contributed by atoms with Crippen LogP contribution >= 0.6 is 0 Å². The molecule has 0 radical (unpaired) electrons. The topological polar surface area (TPSA) is 59.0 Å². The van der Waals surface area contributed by atoms with Gasteiger partial charge in [0.1, 0.15) is 0 Å². The average Bonchev–Trinajstić information content (AvgIpc) is 2.92. The van der Waals surface area contributed by atoms with E-state index in [0.29, 0.717) is 18.2 Å². The van der Waals surface area contributed by atoms with Crippen LogP contribution in [0.25, 0.3) is 0 Å². The molecule has 0 atom stereocenters. The smallest absolute Gasteiger partial charge is 0.251 e. The maximum Gasteiger partial charge on any atom is 0.251 e. The second kappa shape index (κ2) is 6.32. The van der Waals surface area contributed by atoms with Gasteiger partial charge in [-0.05, 0) is 26.0 Å². The van der Waals surface area contributed by atoms with Crippen LogP contribution in [0, 0.1) is 0 Å². The third-order valence-electron chi connectivity index (χ3n) is 3.98. The normalized spacial score (nSPS) is 14.0. The van der Waals surface area contributed by atoms with Crippen LogP contribution in [0.3, 0.4) is 0 Å². The average molecular weight is 298 g/mol. The van der Waals surface area contributed by atoms with Crippen molar-refractivity contribution in [1.82, 2.24) is 20.4 Å². The molecule has 116 valence electrons. The zero-order chi connectivity index (χ0) is 15.5. The van der Waals surface area contributed by atoms with Gasteiger partial charge in [-0.1, -0.05) is 18.2 Å². The fourth-order valence-electron chi connectivity index (χ4n) is 2.87. The van der Waals surface area contributed by atoms with Gasteiger partial charge >= 0.3 is 0 Å². The molecule has 0 unspecified atom stereocenters. The van der Waals surface area contributed by atoms with Crippen molar-refractivity contribution >= 4 is 5.91 Å². The molecule has 0 saturated carbocycles. The number of rotatable bonds is 4. The SMILES string of the molecule is CC(C)n1nc(CNC(=O)c2ccccc2)c2c1CCNC2. The Kier molecular flexibility index (Phi) is 4.24. The van der Waals surface area contributed by atoms with Crippen molar-refractivity contribution in [3.63, 3.8) is 0 Å². The number of hydrogen-bond donors (Lipinski definition) is 2. The van der Waals surface area contributed by atoms with Gasteiger partial charge in [-0.25, -0.2) is 0 Å². The second-order valence-corrected chi connectivity index (χ2v) is 5.89. The summed E-state index contributed by atoms with van der Waals surface area (Å²) in [5.41, 5.74) is 4.20. The summed E-state index contributed by atoms with van der Waals surface area (Å²) in [6, 6.07) is 9.62. The lowest BCUT2D eigenvalue weighted by Crippen LogP contribution is -2.27. The Morgan fingerprint density at radius 3 is 2.86 bits per heavy atom. The molecule has 2 N–H and O–H groups in total. The number of nitrogens with one attached hydrogen (secondary N) is 2. The molecule has 2 heterocycles. The maximum absolute atomic E-state index is 12.2. The minimum Gasteiger partial charge on any atom is -0.346 e. The molecule has 2 aromatic rings. The first-order valence-electron chi connectivity index (χ1n) is 7.80.